The van der Waals surface area contributed by atoms with Gasteiger partial charge in [0, 0.05) is 17.8 Å². The molecule has 0 saturated heterocycles. The third-order valence-corrected chi connectivity index (χ3v) is 3.40. The van der Waals surface area contributed by atoms with Crippen LogP contribution < -0.4 is 0 Å². The lowest BCUT2D eigenvalue weighted by molar-refractivity contribution is -0.140. The third kappa shape index (κ3) is 5.28. The molecule has 0 fully saturated rings. The van der Waals surface area contributed by atoms with E-state index >= 15 is 0 Å². The minimum atomic E-state index is -0.119. The lowest BCUT2D eigenvalue weighted by atomic mass is 10.3. The smallest absolute Gasteiger partial charge is 0.305 e. The van der Waals surface area contributed by atoms with E-state index in [1.165, 1.54) is 12.0 Å². The van der Waals surface area contributed by atoms with Crippen LogP contribution in [0, 0.1) is 0 Å². The fraction of sp³-hybridized carbons (Fsp3) is 0.583. The lowest BCUT2D eigenvalue weighted by Gasteiger charge is -2.15. The maximum atomic E-state index is 10.9. The minimum Gasteiger partial charge on any atom is -0.469 e. The van der Waals surface area contributed by atoms with E-state index in [0.29, 0.717) is 6.42 Å². The maximum absolute atomic E-state index is 10.9. The molecule has 0 aromatic carbocycles. The molecular weight excluding hydrogens is 222 g/mol. The van der Waals surface area contributed by atoms with Gasteiger partial charge in [0.15, 0.2) is 0 Å². The fourth-order valence-corrected chi connectivity index (χ4v) is 2.16. The first-order chi connectivity index (χ1) is 7.72. The summed E-state index contributed by atoms with van der Waals surface area (Å²) >= 11 is 1.80. The topological polar surface area (TPSA) is 29.5 Å². The average molecular weight is 241 g/mol. The van der Waals surface area contributed by atoms with Crippen LogP contribution in [0.1, 0.15) is 17.7 Å². The average Bonchev–Trinajstić information content (AvgIpc) is 2.79. The Balaban J connectivity index is 2.07. The Bertz CT molecular complexity index is 298. The zero-order chi connectivity index (χ0) is 11.8. The summed E-state index contributed by atoms with van der Waals surface area (Å²) in [5.41, 5.74) is 0. The Hall–Kier alpha value is -0.870. The molecule has 90 valence electrons. The van der Waals surface area contributed by atoms with Gasteiger partial charge < -0.3 is 9.64 Å². The molecule has 0 spiro atoms. The van der Waals surface area contributed by atoms with Crippen LogP contribution in [-0.4, -0.2) is 38.1 Å². The lowest BCUT2D eigenvalue weighted by Crippen LogP contribution is -2.22. The highest BCUT2D eigenvalue weighted by atomic mass is 32.1. The van der Waals surface area contributed by atoms with Gasteiger partial charge in [0.05, 0.1) is 7.11 Å². The maximum Gasteiger partial charge on any atom is 0.305 e. The van der Waals surface area contributed by atoms with E-state index in [9.17, 15) is 4.79 Å². The second kappa shape index (κ2) is 7.41. The van der Waals surface area contributed by atoms with Crippen molar-refractivity contribution in [3.05, 3.63) is 22.4 Å². The second-order valence-electron chi connectivity index (χ2n) is 3.81. The number of thiophene rings is 1. The van der Waals surface area contributed by atoms with Gasteiger partial charge in [-0.1, -0.05) is 6.07 Å². The molecule has 0 amide bonds. The summed E-state index contributed by atoms with van der Waals surface area (Å²) in [5.74, 6) is -0.119. The van der Waals surface area contributed by atoms with Crippen LogP contribution in [0.4, 0.5) is 0 Å². The summed E-state index contributed by atoms with van der Waals surface area (Å²) < 4.78 is 4.60. The Labute approximate surface area is 101 Å². The summed E-state index contributed by atoms with van der Waals surface area (Å²) in [5, 5.41) is 2.10. The van der Waals surface area contributed by atoms with Gasteiger partial charge in [-0.3, -0.25) is 4.79 Å². The summed E-state index contributed by atoms with van der Waals surface area (Å²) in [6, 6.07) is 4.24. The summed E-state index contributed by atoms with van der Waals surface area (Å²) in [6.45, 7) is 1.99. The van der Waals surface area contributed by atoms with Crippen molar-refractivity contribution in [3.8, 4) is 0 Å². The highest BCUT2D eigenvalue weighted by Crippen LogP contribution is 2.09. The van der Waals surface area contributed by atoms with E-state index in [-0.39, 0.29) is 5.97 Å². The molecule has 0 saturated carbocycles. The van der Waals surface area contributed by atoms with E-state index in [1.54, 1.807) is 11.3 Å². The first-order valence-electron chi connectivity index (χ1n) is 5.50. The van der Waals surface area contributed by atoms with Crippen molar-refractivity contribution in [2.45, 2.75) is 19.3 Å². The Morgan fingerprint density at radius 3 is 2.94 bits per heavy atom. The van der Waals surface area contributed by atoms with Crippen LogP contribution in [0.5, 0.6) is 0 Å². The number of nitrogens with zero attached hydrogens (tertiary/aromatic N) is 1. The summed E-state index contributed by atoms with van der Waals surface area (Å²) in [4.78, 5) is 14.6. The van der Waals surface area contributed by atoms with Crippen molar-refractivity contribution in [3.63, 3.8) is 0 Å². The molecule has 0 aliphatic rings. The number of hydrogen-bond donors (Lipinski definition) is 0. The minimum absolute atomic E-state index is 0.119. The molecule has 1 heterocycles. The Kier molecular flexibility index (Phi) is 6.11. The van der Waals surface area contributed by atoms with Gasteiger partial charge in [0.2, 0.25) is 0 Å². The Morgan fingerprint density at radius 1 is 1.50 bits per heavy atom. The van der Waals surface area contributed by atoms with E-state index in [0.717, 1.165) is 25.9 Å². The molecule has 0 atom stereocenters. The zero-order valence-electron chi connectivity index (χ0n) is 9.94. The second-order valence-corrected chi connectivity index (χ2v) is 4.84. The molecule has 1 rings (SSSR count). The number of methoxy groups -OCH3 is 1. The number of esters is 1. The van der Waals surface area contributed by atoms with E-state index in [1.807, 2.05) is 0 Å². The van der Waals surface area contributed by atoms with Gasteiger partial charge in [-0.25, -0.2) is 0 Å². The monoisotopic (exact) mass is 241 g/mol. The van der Waals surface area contributed by atoms with Crippen molar-refractivity contribution in [2.24, 2.45) is 0 Å². The van der Waals surface area contributed by atoms with Crippen LogP contribution in [0.2, 0.25) is 0 Å². The zero-order valence-corrected chi connectivity index (χ0v) is 10.8. The molecule has 0 unspecified atom stereocenters. The van der Waals surface area contributed by atoms with Crippen LogP contribution >= 0.6 is 11.3 Å². The number of carbonyl (C=O) groups excluding carboxylic acids is 1. The number of hydrogen-bond acceptors (Lipinski definition) is 4. The van der Waals surface area contributed by atoms with Crippen LogP contribution in [0.15, 0.2) is 17.5 Å². The molecule has 0 aliphatic heterocycles. The van der Waals surface area contributed by atoms with Crippen LogP contribution in [0.3, 0.4) is 0 Å². The van der Waals surface area contributed by atoms with Crippen LogP contribution in [0.25, 0.3) is 0 Å². The van der Waals surface area contributed by atoms with Gasteiger partial charge in [-0.2, -0.15) is 0 Å². The normalized spacial score (nSPS) is 10.7. The molecule has 0 aliphatic carbocycles. The first kappa shape index (κ1) is 13.2. The quantitative estimate of drug-likeness (QED) is 0.685. The summed E-state index contributed by atoms with van der Waals surface area (Å²) in [6.07, 6.45) is 2.47. The number of likely N-dealkylation sites (N-methyl/N-ethyl adjacent to an activating group) is 1. The van der Waals surface area contributed by atoms with E-state index in [4.69, 9.17) is 0 Å². The van der Waals surface area contributed by atoms with E-state index < -0.39 is 0 Å². The fourth-order valence-electron chi connectivity index (χ4n) is 1.46. The molecule has 0 bridgehead atoms. The Morgan fingerprint density at radius 2 is 2.31 bits per heavy atom. The molecule has 16 heavy (non-hydrogen) atoms. The van der Waals surface area contributed by atoms with Gasteiger partial charge in [-0.05, 0) is 37.9 Å². The molecule has 1 aromatic rings. The molecule has 1 aromatic heterocycles. The van der Waals surface area contributed by atoms with Crippen molar-refractivity contribution in [1.29, 1.82) is 0 Å². The molecule has 4 heteroatoms. The summed E-state index contributed by atoms with van der Waals surface area (Å²) in [7, 11) is 3.52. The molecular formula is C12H19NO2S. The highest BCUT2D eigenvalue weighted by molar-refractivity contribution is 7.09. The van der Waals surface area contributed by atoms with Crippen molar-refractivity contribution < 1.29 is 9.53 Å². The molecule has 0 radical (unpaired) electrons. The van der Waals surface area contributed by atoms with Gasteiger partial charge in [0.25, 0.3) is 0 Å². The third-order valence-electron chi connectivity index (χ3n) is 2.47. The number of rotatable bonds is 7. The van der Waals surface area contributed by atoms with Crippen LogP contribution in [-0.2, 0) is 16.0 Å². The number of ether oxygens (including phenoxy) is 1. The first-order valence-corrected chi connectivity index (χ1v) is 6.38. The van der Waals surface area contributed by atoms with Crippen molar-refractivity contribution >= 4 is 17.3 Å². The molecule has 3 nitrogen and oxygen atoms in total. The number of carbonyl (C=O) groups is 1. The van der Waals surface area contributed by atoms with E-state index in [2.05, 4.69) is 34.2 Å². The predicted molar refractivity (Wildman–Crippen MR) is 66.8 cm³/mol. The van der Waals surface area contributed by atoms with Gasteiger partial charge >= 0.3 is 5.97 Å². The van der Waals surface area contributed by atoms with Gasteiger partial charge in [-0.15, -0.1) is 11.3 Å². The standard InChI is InChI=1S/C12H19NO2S/c1-13(8-3-6-12(14)15-2)9-7-11-5-4-10-16-11/h4-5,10H,3,6-9H2,1-2H3. The molecule has 0 N–H and O–H groups in total. The predicted octanol–water partition coefficient (Wildman–Crippen LogP) is 2.18. The SMILES string of the molecule is COC(=O)CCCN(C)CCc1cccs1. The van der Waals surface area contributed by atoms with Gasteiger partial charge in [0.1, 0.15) is 0 Å². The highest BCUT2D eigenvalue weighted by Gasteiger charge is 2.03. The largest absolute Gasteiger partial charge is 0.469 e. The van der Waals surface area contributed by atoms with Crippen molar-refractivity contribution in [1.82, 2.24) is 4.90 Å². The van der Waals surface area contributed by atoms with Crippen molar-refractivity contribution in [2.75, 3.05) is 27.2 Å².